The molecule has 0 saturated heterocycles. The van der Waals surface area contributed by atoms with E-state index in [0.717, 1.165) is 10.2 Å². The van der Waals surface area contributed by atoms with Crippen molar-refractivity contribution in [1.29, 1.82) is 0 Å². The third-order valence-corrected chi connectivity index (χ3v) is 4.98. The van der Waals surface area contributed by atoms with Gasteiger partial charge in [0.1, 0.15) is 5.15 Å². The Bertz CT molecular complexity index is 1060. The monoisotopic (exact) mass is 473 g/mol. The summed E-state index contributed by atoms with van der Waals surface area (Å²) in [6.45, 7) is 1.39. The second-order valence-corrected chi connectivity index (χ2v) is 7.22. The summed E-state index contributed by atoms with van der Waals surface area (Å²) >= 11 is 9.74. The van der Waals surface area contributed by atoms with Crippen molar-refractivity contribution in [2.45, 2.75) is 6.92 Å². The number of amides is 1. The molecule has 6 nitrogen and oxygen atoms in total. The van der Waals surface area contributed by atoms with E-state index in [2.05, 4.69) is 26.3 Å². The van der Waals surface area contributed by atoms with E-state index in [0.29, 0.717) is 22.1 Å². The number of hydrogen-bond donors (Lipinski definition) is 1. The molecule has 8 heteroatoms. The van der Waals surface area contributed by atoms with E-state index in [-0.39, 0.29) is 0 Å². The second kappa shape index (κ2) is 9.54. The Morgan fingerprint density at radius 3 is 2.59 bits per heavy atom. The van der Waals surface area contributed by atoms with Crippen LogP contribution in [0, 0.1) is 6.92 Å². The van der Waals surface area contributed by atoms with Gasteiger partial charge in [-0.25, -0.2) is 9.48 Å². The van der Waals surface area contributed by atoms with Crippen LogP contribution >= 0.6 is 27.5 Å². The SMILES string of the molecule is Cc1nn(-c2ccccc2)c(Cl)c1/C=C/C(=O)OCC(=O)Nc1ccccc1Br. The molecule has 0 bridgehead atoms. The van der Waals surface area contributed by atoms with Gasteiger partial charge >= 0.3 is 5.97 Å². The van der Waals surface area contributed by atoms with Crippen molar-refractivity contribution in [2.75, 3.05) is 11.9 Å². The lowest BCUT2D eigenvalue weighted by Gasteiger charge is -2.07. The van der Waals surface area contributed by atoms with Crippen molar-refractivity contribution in [1.82, 2.24) is 9.78 Å². The topological polar surface area (TPSA) is 73.2 Å². The van der Waals surface area contributed by atoms with Crippen LogP contribution in [0.5, 0.6) is 0 Å². The highest BCUT2D eigenvalue weighted by atomic mass is 79.9. The van der Waals surface area contributed by atoms with E-state index in [1.54, 1.807) is 29.8 Å². The molecule has 0 saturated carbocycles. The predicted octanol–water partition coefficient (Wildman–Crippen LogP) is 4.79. The van der Waals surface area contributed by atoms with Gasteiger partial charge in [0, 0.05) is 16.1 Å². The number of para-hydroxylation sites is 2. The van der Waals surface area contributed by atoms with Crippen molar-refractivity contribution >= 4 is 51.2 Å². The molecular formula is C21H17BrClN3O3. The van der Waals surface area contributed by atoms with Crippen molar-refractivity contribution in [2.24, 2.45) is 0 Å². The fraction of sp³-hybridized carbons (Fsp3) is 0.0952. The van der Waals surface area contributed by atoms with Crippen molar-refractivity contribution in [3.8, 4) is 5.69 Å². The molecule has 29 heavy (non-hydrogen) atoms. The van der Waals surface area contributed by atoms with Crippen LogP contribution < -0.4 is 5.32 Å². The largest absolute Gasteiger partial charge is 0.452 e. The molecule has 0 aliphatic carbocycles. The van der Waals surface area contributed by atoms with E-state index in [9.17, 15) is 9.59 Å². The summed E-state index contributed by atoms with van der Waals surface area (Å²) in [6, 6.07) is 16.6. The molecule has 1 N–H and O–H groups in total. The van der Waals surface area contributed by atoms with Gasteiger partial charge in [0.25, 0.3) is 5.91 Å². The molecule has 0 unspecified atom stereocenters. The number of aryl methyl sites for hydroxylation is 1. The lowest BCUT2D eigenvalue weighted by Crippen LogP contribution is -2.20. The fourth-order valence-corrected chi connectivity index (χ4v) is 3.24. The highest BCUT2D eigenvalue weighted by Crippen LogP contribution is 2.24. The normalized spacial score (nSPS) is 10.9. The number of nitrogens with zero attached hydrogens (tertiary/aromatic N) is 2. The van der Waals surface area contributed by atoms with E-state index < -0.39 is 18.5 Å². The van der Waals surface area contributed by atoms with E-state index in [1.807, 2.05) is 36.4 Å². The van der Waals surface area contributed by atoms with Gasteiger partial charge in [0.2, 0.25) is 0 Å². The number of halogens is 2. The van der Waals surface area contributed by atoms with E-state index in [1.165, 1.54) is 12.2 Å². The van der Waals surface area contributed by atoms with Gasteiger partial charge in [-0.05, 0) is 53.2 Å². The summed E-state index contributed by atoms with van der Waals surface area (Å²) in [5.74, 6) is -1.10. The first-order valence-electron chi connectivity index (χ1n) is 8.65. The Morgan fingerprint density at radius 1 is 1.17 bits per heavy atom. The van der Waals surface area contributed by atoms with Gasteiger partial charge in [0.15, 0.2) is 6.61 Å². The first kappa shape index (κ1) is 20.8. The number of benzene rings is 2. The zero-order valence-electron chi connectivity index (χ0n) is 15.4. The number of aromatic nitrogens is 2. The predicted molar refractivity (Wildman–Crippen MR) is 116 cm³/mol. The number of rotatable bonds is 6. The van der Waals surface area contributed by atoms with Crippen LogP contribution in [-0.4, -0.2) is 28.3 Å². The Labute approximate surface area is 181 Å². The number of anilines is 1. The number of carbonyl (C=O) groups is 2. The molecule has 0 radical (unpaired) electrons. The third kappa shape index (κ3) is 5.34. The Hall–Kier alpha value is -2.90. The van der Waals surface area contributed by atoms with Crippen molar-refractivity contribution in [3.63, 3.8) is 0 Å². The number of nitrogens with one attached hydrogen (secondary N) is 1. The van der Waals surface area contributed by atoms with Crippen LogP contribution in [0.3, 0.4) is 0 Å². The number of hydrogen-bond acceptors (Lipinski definition) is 4. The first-order valence-corrected chi connectivity index (χ1v) is 9.82. The zero-order chi connectivity index (χ0) is 20.8. The van der Waals surface area contributed by atoms with Crippen LogP contribution in [0.15, 0.2) is 65.1 Å². The molecule has 3 rings (SSSR count). The van der Waals surface area contributed by atoms with Gasteiger partial charge in [-0.15, -0.1) is 0 Å². The van der Waals surface area contributed by atoms with Crippen LogP contribution in [0.1, 0.15) is 11.3 Å². The second-order valence-electron chi connectivity index (χ2n) is 6.01. The molecular weight excluding hydrogens is 458 g/mol. The van der Waals surface area contributed by atoms with Gasteiger partial charge in [-0.1, -0.05) is 41.9 Å². The van der Waals surface area contributed by atoms with Crippen LogP contribution in [0.2, 0.25) is 5.15 Å². The molecule has 0 aliphatic heterocycles. The summed E-state index contributed by atoms with van der Waals surface area (Å²) in [4.78, 5) is 23.9. The maximum absolute atomic E-state index is 12.0. The van der Waals surface area contributed by atoms with Crippen molar-refractivity contribution < 1.29 is 14.3 Å². The van der Waals surface area contributed by atoms with Gasteiger partial charge in [-0.3, -0.25) is 4.79 Å². The molecule has 3 aromatic rings. The average Bonchev–Trinajstić information content (AvgIpc) is 3.01. The van der Waals surface area contributed by atoms with Gasteiger partial charge in [-0.2, -0.15) is 5.10 Å². The highest BCUT2D eigenvalue weighted by Gasteiger charge is 2.13. The minimum atomic E-state index is -0.657. The Morgan fingerprint density at radius 2 is 1.86 bits per heavy atom. The molecule has 1 amide bonds. The maximum Gasteiger partial charge on any atom is 0.331 e. The van der Waals surface area contributed by atoms with E-state index in [4.69, 9.17) is 16.3 Å². The minimum absolute atomic E-state index is 0.379. The maximum atomic E-state index is 12.0. The molecule has 148 valence electrons. The molecule has 0 fully saturated rings. The lowest BCUT2D eigenvalue weighted by atomic mass is 10.2. The first-order chi connectivity index (χ1) is 14.0. The highest BCUT2D eigenvalue weighted by molar-refractivity contribution is 9.10. The quantitative estimate of drug-likeness (QED) is 0.412. The number of carbonyl (C=O) groups excluding carboxylic acids is 2. The molecule has 0 atom stereocenters. The Kier molecular flexibility index (Phi) is 6.85. The molecule has 2 aromatic carbocycles. The average molecular weight is 475 g/mol. The minimum Gasteiger partial charge on any atom is -0.452 e. The molecule has 0 aliphatic rings. The Balaban J connectivity index is 1.60. The summed E-state index contributed by atoms with van der Waals surface area (Å²) in [6.07, 6.45) is 2.75. The number of esters is 1. The standard InChI is InChI=1S/C21H17BrClN3O3/c1-14-16(21(23)26(25-14)15-7-3-2-4-8-15)11-12-20(28)29-13-19(27)24-18-10-6-5-9-17(18)22/h2-12H,13H2,1H3,(H,24,27)/b12-11+. The summed E-state index contributed by atoms with van der Waals surface area (Å²) in [5.41, 5.74) is 2.67. The summed E-state index contributed by atoms with van der Waals surface area (Å²) < 4.78 is 7.31. The molecule has 0 spiro atoms. The fourth-order valence-electron chi connectivity index (χ4n) is 2.53. The van der Waals surface area contributed by atoms with Crippen molar-refractivity contribution in [3.05, 3.63) is 81.6 Å². The number of ether oxygens (including phenoxy) is 1. The summed E-state index contributed by atoms with van der Waals surface area (Å²) in [7, 11) is 0. The lowest BCUT2D eigenvalue weighted by molar-refractivity contribution is -0.142. The van der Waals surface area contributed by atoms with Crippen LogP contribution in [0.4, 0.5) is 5.69 Å². The van der Waals surface area contributed by atoms with E-state index >= 15 is 0 Å². The smallest absolute Gasteiger partial charge is 0.331 e. The van der Waals surface area contributed by atoms with Crippen LogP contribution in [0.25, 0.3) is 11.8 Å². The summed E-state index contributed by atoms with van der Waals surface area (Å²) in [5, 5.41) is 7.44. The van der Waals surface area contributed by atoms with Gasteiger partial charge in [0.05, 0.1) is 17.1 Å². The molecule has 1 heterocycles. The zero-order valence-corrected chi connectivity index (χ0v) is 17.8. The third-order valence-electron chi connectivity index (χ3n) is 3.93. The molecule has 1 aromatic heterocycles. The van der Waals surface area contributed by atoms with Gasteiger partial charge < -0.3 is 10.1 Å². The van der Waals surface area contributed by atoms with Crippen LogP contribution in [-0.2, 0) is 14.3 Å².